The van der Waals surface area contributed by atoms with Gasteiger partial charge in [-0.05, 0) is 24.1 Å². The predicted octanol–water partition coefficient (Wildman–Crippen LogP) is 4.24. The van der Waals surface area contributed by atoms with Gasteiger partial charge in [0.2, 0.25) is 0 Å². The number of ketones is 1. The van der Waals surface area contributed by atoms with Gasteiger partial charge >= 0.3 is 0 Å². The van der Waals surface area contributed by atoms with Crippen LogP contribution in [-0.2, 0) is 6.42 Å². The normalized spacial score (nSPS) is 10.2. The summed E-state index contributed by atoms with van der Waals surface area (Å²) in [6, 6.07) is 15.3. The van der Waals surface area contributed by atoms with Gasteiger partial charge in [-0.15, -0.1) is 0 Å². The highest BCUT2D eigenvalue weighted by Gasteiger charge is 2.08. The van der Waals surface area contributed by atoms with Gasteiger partial charge in [0, 0.05) is 15.6 Å². The lowest BCUT2D eigenvalue weighted by Gasteiger charge is -2.03. The van der Waals surface area contributed by atoms with Gasteiger partial charge in [0.15, 0.2) is 5.78 Å². The molecule has 86 valence electrons. The molecule has 0 amide bonds. The zero-order valence-corrected chi connectivity index (χ0v) is 11.2. The summed E-state index contributed by atoms with van der Waals surface area (Å²) in [6.07, 6.45) is 0.991. The molecule has 0 radical (unpaired) electrons. The van der Waals surface area contributed by atoms with Crippen molar-refractivity contribution in [3.05, 3.63) is 69.7 Å². The minimum absolute atomic E-state index is 0.0638. The minimum atomic E-state index is 0.0638. The van der Waals surface area contributed by atoms with Crippen molar-refractivity contribution in [2.45, 2.75) is 13.3 Å². The number of hydrogen-bond donors (Lipinski definition) is 0. The minimum Gasteiger partial charge on any atom is -0.289 e. The molecule has 0 saturated heterocycles. The Bertz CT molecular complexity index is 529. The Balaban J connectivity index is 2.30. The molecule has 0 aliphatic heterocycles. The van der Waals surface area contributed by atoms with Crippen LogP contribution in [0.3, 0.4) is 0 Å². The smallest absolute Gasteiger partial charge is 0.193 e. The third-order valence-electron chi connectivity index (χ3n) is 2.71. The van der Waals surface area contributed by atoms with E-state index in [0.29, 0.717) is 5.56 Å². The number of benzene rings is 2. The Hall–Kier alpha value is -1.41. The lowest BCUT2D eigenvalue weighted by Crippen LogP contribution is -2.01. The molecule has 0 aliphatic carbocycles. The molecule has 17 heavy (non-hydrogen) atoms. The van der Waals surface area contributed by atoms with Gasteiger partial charge in [-0.2, -0.15) is 0 Å². The standard InChI is InChI=1S/C15H13BrO/c1-2-11-6-8-12(9-7-11)15(17)13-4-3-5-14(16)10-13/h3-10H,2H2,1H3. The quantitative estimate of drug-likeness (QED) is 0.772. The van der Waals surface area contributed by atoms with Crippen LogP contribution in [0.2, 0.25) is 0 Å². The fraction of sp³-hybridized carbons (Fsp3) is 0.133. The monoisotopic (exact) mass is 288 g/mol. The van der Waals surface area contributed by atoms with Crippen molar-refractivity contribution in [3.8, 4) is 0 Å². The second-order valence-corrected chi connectivity index (χ2v) is 4.81. The van der Waals surface area contributed by atoms with Crippen molar-refractivity contribution in [1.82, 2.24) is 0 Å². The molecule has 0 heterocycles. The van der Waals surface area contributed by atoms with Gasteiger partial charge < -0.3 is 0 Å². The molecule has 0 bridgehead atoms. The topological polar surface area (TPSA) is 17.1 Å². The third-order valence-corrected chi connectivity index (χ3v) is 3.20. The molecular weight excluding hydrogens is 276 g/mol. The van der Waals surface area contributed by atoms with Crippen LogP contribution in [0.4, 0.5) is 0 Å². The molecule has 0 spiro atoms. The van der Waals surface area contributed by atoms with E-state index in [9.17, 15) is 4.79 Å². The number of rotatable bonds is 3. The maximum absolute atomic E-state index is 12.2. The summed E-state index contributed by atoms with van der Waals surface area (Å²) in [4.78, 5) is 12.2. The van der Waals surface area contributed by atoms with Crippen molar-refractivity contribution >= 4 is 21.7 Å². The average molecular weight is 289 g/mol. The molecule has 2 rings (SSSR count). The van der Waals surface area contributed by atoms with E-state index in [1.807, 2.05) is 48.5 Å². The molecule has 2 aromatic rings. The number of aryl methyl sites for hydroxylation is 1. The zero-order valence-electron chi connectivity index (χ0n) is 9.61. The van der Waals surface area contributed by atoms with Gasteiger partial charge in [0.05, 0.1) is 0 Å². The molecule has 2 heteroatoms. The molecule has 0 aromatic heterocycles. The summed E-state index contributed by atoms with van der Waals surface area (Å²) in [6.45, 7) is 2.10. The Morgan fingerprint density at radius 2 is 1.76 bits per heavy atom. The molecular formula is C15H13BrO. The number of carbonyl (C=O) groups excluding carboxylic acids is 1. The Morgan fingerprint density at radius 3 is 2.35 bits per heavy atom. The average Bonchev–Trinajstić information content (AvgIpc) is 2.38. The van der Waals surface area contributed by atoms with Crippen molar-refractivity contribution in [2.24, 2.45) is 0 Å². The van der Waals surface area contributed by atoms with Gasteiger partial charge in [-0.1, -0.05) is 59.3 Å². The van der Waals surface area contributed by atoms with Crippen LogP contribution in [0, 0.1) is 0 Å². The fourth-order valence-corrected chi connectivity index (χ4v) is 2.09. The summed E-state index contributed by atoms with van der Waals surface area (Å²) < 4.78 is 0.925. The molecule has 0 fully saturated rings. The first-order valence-corrected chi connectivity index (χ1v) is 6.39. The first kappa shape index (κ1) is 12.1. The molecule has 0 N–H and O–H groups in total. The zero-order chi connectivity index (χ0) is 12.3. The lowest BCUT2D eigenvalue weighted by atomic mass is 10.0. The Kier molecular flexibility index (Phi) is 3.75. The first-order valence-electron chi connectivity index (χ1n) is 5.60. The summed E-state index contributed by atoms with van der Waals surface area (Å²) in [5.74, 6) is 0.0638. The highest BCUT2D eigenvalue weighted by Crippen LogP contribution is 2.16. The molecule has 0 aliphatic rings. The van der Waals surface area contributed by atoms with E-state index in [1.165, 1.54) is 5.56 Å². The maximum atomic E-state index is 12.2. The van der Waals surface area contributed by atoms with Crippen molar-refractivity contribution in [2.75, 3.05) is 0 Å². The van der Waals surface area contributed by atoms with Gasteiger partial charge in [-0.3, -0.25) is 4.79 Å². The van der Waals surface area contributed by atoms with E-state index in [-0.39, 0.29) is 5.78 Å². The molecule has 0 atom stereocenters. The largest absolute Gasteiger partial charge is 0.289 e. The summed E-state index contributed by atoms with van der Waals surface area (Å²) in [7, 11) is 0. The highest BCUT2D eigenvalue weighted by molar-refractivity contribution is 9.10. The predicted molar refractivity (Wildman–Crippen MR) is 73.4 cm³/mol. The Labute approximate surface area is 110 Å². The second-order valence-electron chi connectivity index (χ2n) is 3.89. The molecule has 1 nitrogen and oxygen atoms in total. The summed E-state index contributed by atoms with van der Waals surface area (Å²) >= 11 is 3.37. The SMILES string of the molecule is CCc1ccc(C(=O)c2cccc(Br)c2)cc1. The number of halogens is 1. The highest BCUT2D eigenvalue weighted by atomic mass is 79.9. The van der Waals surface area contributed by atoms with Crippen LogP contribution in [-0.4, -0.2) is 5.78 Å². The molecule has 0 unspecified atom stereocenters. The van der Waals surface area contributed by atoms with E-state index in [0.717, 1.165) is 16.5 Å². The summed E-state index contributed by atoms with van der Waals surface area (Å²) in [5, 5.41) is 0. The van der Waals surface area contributed by atoms with Gasteiger partial charge in [-0.25, -0.2) is 0 Å². The lowest BCUT2D eigenvalue weighted by molar-refractivity contribution is 0.103. The second kappa shape index (κ2) is 5.28. The van der Waals surface area contributed by atoms with Crippen molar-refractivity contribution in [3.63, 3.8) is 0 Å². The summed E-state index contributed by atoms with van der Waals surface area (Å²) in [5.41, 5.74) is 2.69. The van der Waals surface area contributed by atoms with Crippen LogP contribution in [0.25, 0.3) is 0 Å². The van der Waals surface area contributed by atoms with Crippen LogP contribution >= 0.6 is 15.9 Å². The van der Waals surface area contributed by atoms with E-state index < -0.39 is 0 Å². The van der Waals surface area contributed by atoms with E-state index in [2.05, 4.69) is 22.9 Å². The van der Waals surface area contributed by atoms with E-state index in [1.54, 1.807) is 0 Å². The van der Waals surface area contributed by atoms with Gasteiger partial charge in [0.25, 0.3) is 0 Å². The molecule has 2 aromatic carbocycles. The maximum Gasteiger partial charge on any atom is 0.193 e. The van der Waals surface area contributed by atoms with Crippen LogP contribution in [0.5, 0.6) is 0 Å². The van der Waals surface area contributed by atoms with E-state index >= 15 is 0 Å². The van der Waals surface area contributed by atoms with E-state index in [4.69, 9.17) is 0 Å². The number of carbonyl (C=O) groups is 1. The Morgan fingerprint density at radius 1 is 1.06 bits per heavy atom. The molecule has 0 saturated carbocycles. The van der Waals surface area contributed by atoms with Crippen molar-refractivity contribution < 1.29 is 4.79 Å². The number of hydrogen-bond acceptors (Lipinski definition) is 1. The fourth-order valence-electron chi connectivity index (χ4n) is 1.69. The van der Waals surface area contributed by atoms with Crippen LogP contribution < -0.4 is 0 Å². The van der Waals surface area contributed by atoms with Gasteiger partial charge in [0.1, 0.15) is 0 Å². The van der Waals surface area contributed by atoms with Crippen molar-refractivity contribution in [1.29, 1.82) is 0 Å². The van der Waals surface area contributed by atoms with Crippen LogP contribution in [0.15, 0.2) is 53.0 Å². The third kappa shape index (κ3) is 2.83. The van der Waals surface area contributed by atoms with Crippen LogP contribution in [0.1, 0.15) is 28.4 Å². The first-order chi connectivity index (χ1) is 8.20.